The van der Waals surface area contributed by atoms with E-state index in [9.17, 15) is 10.1 Å². The van der Waals surface area contributed by atoms with Gasteiger partial charge in [0.1, 0.15) is 30.8 Å². The highest BCUT2D eigenvalue weighted by atomic mass is 35.5. The topological polar surface area (TPSA) is 87.5 Å². The van der Waals surface area contributed by atoms with Crippen molar-refractivity contribution < 1.29 is 14.3 Å². The van der Waals surface area contributed by atoms with E-state index in [1.165, 1.54) is 25.5 Å². The minimum atomic E-state index is -0.105. The van der Waals surface area contributed by atoms with Crippen molar-refractivity contribution in [3.8, 4) is 28.7 Å². The van der Waals surface area contributed by atoms with Gasteiger partial charge in [0, 0.05) is 48.7 Å². The first-order chi connectivity index (χ1) is 21.4. The number of amides is 1. The van der Waals surface area contributed by atoms with Crippen LogP contribution in [-0.4, -0.2) is 35.9 Å². The van der Waals surface area contributed by atoms with Crippen LogP contribution in [0, 0.1) is 25.2 Å². The highest BCUT2D eigenvalue weighted by molar-refractivity contribution is 6.32. The Morgan fingerprint density at radius 2 is 1.66 bits per heavy atom. The number of rotatable bonds is 10. The van der Waals surface area contributed by atoms with Crippen LogP contribution in [0.5, 0.6) is 11.5 Å². The average molecular weight is 609 g/mol. The number of nitrogens with zero attached hydrogens (tertiary/aromatic N) is 3. The van der Waals surface area contributed by atoms with Crippen molar-refractivity contribution in [2.45, 2.75) is 52.9 Å². The lowest BCUT2D eigenvalue weighted by Gasteiger charge is -2.27. The Kier molecular flexibility index (Phi) is 10.2. The minimum absolute atomic E-state index is 0.105. The fourth-order valence-electron chi connectivity index (χ4n) is 5.69. The summed E-state index contributed by atoms with van der Waals surface area (Å²) in [6.45, 7) is 7.46. The molecule has 4 aromatic rings. The van der Waals surface area contributed by atoms with Crippen LogP contribution < -0.4 is 14.8 Å². The lowest BCUT2D eigenvalue weighted by Crippen LogP contribution is -2.29. The van der Waals surface area contributed by atoms with E-state index in [1.807, 2.05) is 49.4 Å². The molecule has 0 saturated carbocycles. The van der Waals surface area contributed by atoms with Crippen molar-refractivity contribution in [1.29, 1.82) is 5.26 Å². The standard InChI is InChI=1S/C36H37ClN4O3/c1-24-28(9-7-10-30(24)31-11-8-12-32(25(31)2)36(42)39-3)23-44-35-17-34(43-22-27-15-26(18-38)19-40-20-27)29(16-33(35)37)21-41-13-5-4-6-14-41/h7-12,15-17,19-20H,4-6,13-14,21-23H2,1-3H3,(H,39,42). The third-order valence-electron chi connectivity index (χ3n) is 8.20. The quantitative estimate of drug-likeness (QED) is 0.202. The molecule has 1 saturated heterocycles. The van der Waals surface area contributed by atoms with Crippen molar-refractivity contribution >= 4 is 17.5 Å². The number of likely N-dealkylation sites (tertiary alicyclic amines) is 1. The number of aromatic nitrogens is 1. The summed E-state index contributed by atoms with van der Waals surface area (Å²) in [5.41, 5.74) is 8.04. The second-order valence-electron chi connectivity index (χ2n) is 11.1. The number of pyridine rings is 1. The number of hydrogen-bond donors (Lipinski definition) is 1. The molecule has 2 heterocycles. The Morgan fingerprint density at radius 1 is 0.932 bits per heavy atom. The Hall–Kier alpha value is -4.38. The van der Waals surface area contributed by atoms with E-state index < -0.39 is 0 Å². The Labute approximate surface area is 264 Å². The number of carbonyl (C=O) groups excluding carboxylic acids is 1. The zero-order valence-electron chi connectivity index (χ0n) is 25.5. The van der Waals surface area contributed by atoms with Gasteiger partial charge in [0.25, 0.3) is 5.91 Å². The number of hydrogen-bond acceptors (Lipinski definition) is 6. The summed E-state index contributed by atoms with van der Waals surface area (Å²) < 4.78 is 12.7. The van der Waals surface area contributed by atoms with Gasteiger partial charge in [-0.1, -0.05) is 48.4 Å². The zero-order chi connectivity index (χ0) is 31.1. The molecular formula is C36H37ClN4O3. The molecule has 8 heteroatoms. The van der Waals surface area contributed by atoms with E-state index in [-0.39, 0.29) is 12.5 Å². The first kappa shape index (κ1) is 31.1. The first-order valence-corrected chi connectivity index (χ1v) is 15.3. The van der Waals surface area contributed by atoms with Gasteiger partial charge < -0.3 is 14.8 Å². The fraction of sp³-hybridized carbons (Fsp3) is 0.306. The van der Waals surface area contributed by atoms with Crippen LogP contribution in [0.3, 0.4) is 0 Å². The van der Waals surface area contributed by atoms with Crippen LogP contribution >= 0.6 is 11.6 Å². The summed E-state index contributed by atoms with van der Waals surface area (Å²) in [7, 11) is 1.64. The molecule has 1 fully saturated rings. The molecular weight excluding hydrogens is 572 g/mol. The molecule has 226 valence electrons. The summed E-state index contributed by atoms with van der Waals surface area (Å²) in [6.07, 6.45) is 6.88. The number of halogens is 1. The second-order valence-corrected chi connectivity index (χ2v) is 11.6. The first-order valence-electron chi connectivity index (χ1n) is 14.9. The molecule has 1 N–H and O–H groups in total. The summed E-state index contributed by atoms with van der Waals surface area (Å²) in [5, 5.41) is 12.5. The molecule has 1 amide bonds. The predicted octanol–water partition coefficient (Wildman–Crippen LogP) is 7.39. The van der Waals surface area contributed by atoms with Crippen LogP contribution in [0.2, 0.25) is 5.02 Å². The number of nitrogens with one attached hydrogen (secondary N) is 1. The maximum atomic E-state index is 12.4. The van der Waals surface area contributed by atoms with E-state index in [2.05, 4.69) is 34.3 Å². The van der Waals surface area contributed by atoms with Crippen LogP contribution in [-0.2, 0) is 19.8 Å². The fourth-order valence-corrected chi connectivity index (χ4v) is 5.93. The van der Waals surface area contributed by atoms with Crippen molar-refractivity contribution in [1.82, 2.24) is 15.2 Å². The number of benzene rings is 3. The Bertz CT molecular complexity index is 1690. The van der Waals surface area contributed by atoms with Gasteiger partial charge in [0.2, 0.25) is 0 Å². The molecule has 0 unspecified atom stereocenters. The molecule has 5 rings (SSSR count). The summed E-state index contributed by atoms with van der Waals surface area (Å²) in [4.78, 5) is 19.0. The molecule has 0 bridgehead atoms. The zero-order valence-corrected chi connectivity index (χ0v) is 26.2. The van der Waals surface area contributed by atoms with Crippen LogP contribution in [0.15, 0.2) is 67.0 Å². The monoisotopic (exact) mass is 608 g/mol. The van der Waals surface area contributed by atoms with E-state index in [0.717, 1.165) is 58.6 Å². The van der Waals surface area contributed by atoms with Crippen LogP contribution in [0.4, 0.5) is 0 Å². The van der Waals surface area contributed by atoms with Crippen molar-refractivity contribution in [3.63, 3.8) is 0 Å². The molecule has 0 atom stereocenters. The molecule has 0 aliphatic carbocycles. The second kappa shape index (κ2) is 14.4. The van der Waals surface area contributed by atoms with E-state index in [1.54, 1.807) is 19.3 Å². The molecule has 0 spiro atoms. The molecule has 1 aliphatic rings. The van der Waals surface area contributed by atoms with Gasteiger partial charge in [0.05, 0.1) is 10.6 Å². The maximum absolute atomic E-state index is 12.4. The van der Waals surface area contributed by atoms with Gasteiger partial charge in [-0.3, -0.25) is 14.7 Å². The largest absolute Gasteiger partial charge is 0.488 e. The van der Waals surface area contributed by atoms with E-state index >= 15 is 0 Å². The minimum Gasteiger partial charge on any atom is -0.488 e. The summed E-state index contributed by atoms with van der Waals surface area (Å²) >= 11 is 6.81. The maximum Gasteiger partial charge on any atom is 0.251 e. The van der Waals surface area contributed by atoms with Crippen molar-refractivity contribution in [2.24, 2.45) is 0 Å². The average Bonchev–Trinajstić information content (AvgIpc) is 3.05. The Balaban J connectivity index is 1.40. The van der Waals surface area contributed by atoms with Gasteiger partial charge in [0.15, 0.2) is 0 Å². The van der Waals surface area contributed by atoms with Gasteiger partial charge in [-0.05, 0) is 85.8 Å². The number of carbonyl (C=O) groups is 1. The molecule has 1 aliphatic heterocycles. The highest BCUT2D eigenvalue weighted by Crippen LogP contribution is 2.36. The smallest absolute Gasteiger partial charge is 0.251 e. The third-order valence-corrected chi connectivity index (χ3v) is 8.50. The van der Waals surface area contributed by atoms with Crippen LogP contribution in [0.25, 0.3) is 11.1 Å². The van der Waals surface area contributed by atoms with Crippen LogP contribution in [0.1, 0.15) is 63.0 Å². The number of nitriles is 1. The lowest BCUT2D eigenvalue weighted by molar-refractivity contribution is 0.0962. The lowest BCUT2D eigenvalue weighted by atomic mass is 9.91. The van der Waals surface area contributed by atoms with Crippen molar-refractivity contribution in [2.75, 3.05) is 20.1 Å². The summed E-state index contributed by atoms with van der Waals surface area (Å²) in [6, 6.07) is 19.6. The van der Waals surface area contributed by atoms with Gasteiger partial charge in [-0.2, -0.15) is 5.26 Å². The molecule has 7 nitrogen and oxygen atoms in total. The third kappa shape index (κ3) is 7.21. The molecule has 3 aromatic carbocycles. The molecule has 1 aromatic heterocycles. The molecule has 0 radical (unpaired) electrons. The van der Waals surface area contributed by atoms with Gasteiger partial charge in [-0.15, -0.1) is 0 Å². The molecule has 44 heavy (non-hydrogen) atoms. The number of piperidine rings is 1. The summed E-state index contributed by atoms with van der Waals surface area (Å²) in [5.74, 6) is 1.13. The van der Waals surface area contributed by atoms with E-state index in [0.29, 0.717) is 34.3 Å². The van der Waals surface area contributed by atoms with E-state index in [4.69, 9.17) is 21.1 Å². The predicted molar refractivity (Wildman–Crippen MR) is 173 cm³/mol. The van der Waals surface area contributed by atoms with Gasteiger partial charge in [-0.25, -0.2) is 0 Å². The Morgan fingerprint density at radius 3 is 2.41 bits per heavy atom. The number of ether oxygens (including phenoxy) is 2. The highest BCUT2D eigenvalue weighted by Gasteiger charge is 2.18. The normalized spacial score (nSPS) is 13.2. The van der Waals surface area contributed by atoms with Crippen molar-refractivity contribution in [3.05, 3.63) is 111 Å². The SMILES string of the molecule is CNC(=O)c1cccc(-c2cccc(COc3cc(OCc4cncc(C#N)c4)c(CN4CCCCC4)cc3Cl)c2C)c1C. The van der Waals surface area contributed by atoms with Gasteiger partial charge >= 0.3 is 0 Å².